The molecule has 1 aromatic heterocycles. The van der Waals surface area contributed by atoms with Gasteiger partial charge in [-0.1, -0.05) is 43.7 Å². The van der Waals surface area contributed by atoms with E-state index in [-0.39, 0.29) is 71.6 Å². The number of nitrogens with zero attached hydrogens (tertiary/aromatic N) is 4. The predicted octanol–water partition coefficient (Wildman–Crippen LogP) is 2.48. The van der Waals surface area contributed by atoms with Crippen molar-refractivity contribution >= 4 is 50.0 Å². The van der Waals surface area contributed by atoms with Gasteiger partial charge in [-0.2, -0.15) is 10.6 Å². The Morgan fingerprint density at radius 1 is 0.983 bits per heavy atom. The molecule has 2 aromatic rings. The first-order chi connectivity index (χ1) is 28.2. The van der Waals surface area contributed by atoms with Crippen molar-refractivity contribution in [3.05, 3.63) is 41.7 Å². The minimum absolute atomic E-state index is 0.0227. The van der Waals surface area contributed by atoms with Gasteiger partial charge in [-0.15, -0.1) is 5.10 Å². The van der Waals surface area contributed by atoms with Crippen LogP contribution in [0.15, 0.2) is 35.4 Å². The fourth-order valence-electron chi connectivity index (χ4n) is 9.95. The zero-order valence-electron chi connectivity index (χ0n) is 34.2. The van der Waals surface area contributed by atoms with Gasteiger partial charge in [-0.05, 0) is 94.4 Å². The number of hydrogen-bond acceptors (Lipinski definition) is 12. The van der Waals surface area contributed by atoms with Gasteiger partial charge in [-0.25, -0.2) is 17.8 Å². The second-order valence-electron chi connectivity index (χ2n) is 18.4. The Bertz CT molecular complexity index is 2080. The van der Waals surface area contributed by atoms with E-state index < -0.39 is 79.3 Å². The molecule has 1 spiro atoms. The lowest BCUT2D eigenvalue weighted by Crippen LogP contribution is -2.64. The molecule has 3 heterocycles. The van der Waals surface area contributed by atoms with Crippen molar-refractivity contribution in [2.45, 2.75) is 144 Å². The van der Waals surface area contributed by atoms with Crippen LogP contribution in [-0.4, -0.2) is 114 Å². The van der Waals surface area contributed by atoms with E-state index >= 15 is 0 Å². The molecule has 3 aliphatic carbocycles. The maximum Gasteiger partial charge on any atom is 0.287 e. The number of likely N-dealkylation sites (tertiary alicyclic amines) is 1. The molecule has 5 fully saturated rings. The number of carbonyl (C=O) groups is 5. The first-order valence-corrected chi connectivity index (χ1v) is 24.3. The van der Waals surface area contributed by atoms with Crippen molar-refractivity contribution in [3.63, 3.8) is 0 Å². The summed E-state index contributed by atoms with van der Waals surface area (Å²) in [5.41, 5.74) is 2.92. The minimum Gasteiger partial charge on any atom is -0.384 e. The lowest BCUT2D eigenvalue weighted by Gasteiger charge is -2.54. The maximum absolute atomic E-state index is 14.9. The number of carbonyl (C=O) groups excluding carboxylic acids is 5. The van der Waals surface area contributed by atoms with Gasteiger partial charge >= 0.3 is 0 Å². The number of rotatable bonds is 14. The number of ketones is 1. The number of benzene rings is 1. The van der Waals surface area contributed by atoms with Crippen molar-refractivity contribution in [1.29, 1.82) is 0 Å². The Labute approximate surface area is 351 Å². The van der Waals surface area contributed by atoms with Crippen LogP contribution in [-0.2, 0) is 34.8 Å². The summed E-state index contributed by atoms with van der Waals surface area (Å²) < 4.78 is 51.3. The standard InChI is InChI=1S/C40H58N8O10S2/c1-38(2,54)32-23-42-46-48(32)28-20-31(36(52)44-40(33(49)34(41)50)15-17-59(55,56)18-16-40)47(24-28)37(53)30(19-25-7-4-3-5-8-25)43-35(51)26-9-11-29(12-10-26)60(57,58)45-27-21-39(22-27)13-6-14-39/h9-12,23,25,27-28,30-31,45,54-56H,3-8,13-22,24H2,1-2H3,(H2,41,50)(H,43,51)(H,44,52)/t28-,30+,31-/m0/s1. The molecule has 0 bridgehead atoms. The Balaban J connectivity index is 1.14. The molecule has 8 N–H and O–H groups in total. The van der Waals surface area contributed by atoms with Crippen molar-refractivity contribution in [2.24, 2.45) is 17.1 Å². The molecular formula is C40H58N8O10S2. The number of aliphatic hydroxyl groups is 1. The summed E-state index contributed by atoms with van der Waals surface area (Å²) in [7, 11) is -6.88. The molecule has 60 heavy (non-hydrogen) atoms. The Morgan fingerprint density at radius 3 is 2.22 bits per heavy atom. The van der Waals surface area contributed by atoms with Crippen LogP contribution in [0.3, 0.4) is 0 Å². The SMILES string of the molecule is CC(C)(O)c1cnnn1[C@H]1C[C@@H](C(=O)NC2(C(=O)C(N)=O)CCS(O)(O)CC2)N(C(=O)[C@@H](CC2CCCCC2)NC(=O)c2ccc(S(=O)(=O)NC3CC4(CCC4)C3)cc2)C1. The topological polar surface area (TPSA) is 276 Å². The number of hydrogen-bond donors (Lipinski definition) is 7. The summed E-state index contributed by atoms with van der Waals surface area (Å²) in [6, 6.07) is 2.34. The van der Waals surface area contributed by atoms with Gasteiger partial charge in [0.1, 0.15) is 23.2 Å². The molecule has 5 aliphatic rings. The lowest BCUT2D eigenvalue weighted by atomic mass is 9.54. The normalized spacial score (nSPS) is 25.9. The molecule has 3 atom stereocenters. The Kier molecular flexibility index (Phi) is 12.3. The van der Waals surface area contributed by atoms with Crippen LogP contribution in [0.1, 0.15) is 126 Å². The average molecular weight is 875 g/mol. The second-order valence-corrected chi connectivity index (χ2v) is 22.5. The summed E-state index contributed by atoms with van der Waals surface area (Å²) >= 11 is 0. The second kappa shape index (κ2) is 16.7. The van der Waals surface area contributed by atoms with Crippen LogP contribution in [0.25, 0.3) is 0 Å². The van der Waals surface area contributed by atoms with E-state index in [9.17, 15) is 46.6 Å². The molecular weight excluding hydrogens is 817 g/mol. The van der Waals surface area contributed by atoms with Crippen LogP contribution in [0.4, 0.5) is 0 Å². The van der Waals surface area contributed by atoms with Gasteiger partial charge < -0.3 is 26.4 Å². The number of aromatic nitrogens is 3. The highest BCUT2D eigenvalue weighted by atomic mass is 32.3. The number of nitrogens with one attached hydrogen (secondary N) is 3. The number of amides is 4. The van der Waals surface area contributed by atoms with Crippen molar-refractivity contribution < 1.29 is 46.6 Å². The van der Waals surface area contributed by atoms with Gasteiger partial charge in [0, 0.05) is 36.1 Å². The van der Waals surface area contributed by atoms with Crippen LogP contribution in [0.5, 0.6) is 0 Å². The van der Waals surface area contributed by atoms with Crippen LogP contribution in [0.2, 0.25) is 0 Å². The van der Waals surface area contributed by atoms with Gasteiger partial charge in [0.05, 0.1) is 22.8 Å². The predicted molar refractivity (Wildman–Crippen MR) is 220 cm³/mol. The van der Waals surface area contributed by atoms with E-state index in [4.69, 9.17) is 5.73 Å². The number of Topliss-reactive ketones (excluding diaryl/α,β-unsaturated/α-hetero) is 1. The van der Waals surface area contributed by atoms with Gasteiger partial charge in [0.2, 0.25) is 27.6 Å². The van der Waals surface area contributed by atoms with E-state index in [0.717, 1.165) is 57.8 Å². The fourth-order valence-corrected chi connectivity index (χ4v) is 12.7. The van der Waals surface area contributed by atoms with Gasteiger partial charge in [0.15, 0.2) is 0 Å². The molecule has 18 nitrogen and oxygen atoms in total. The van der Waals surface area contributed by atoms with E-state index in [2.05, 4.69) is 25.7 Å². The van der Waals surface area contributed by atoms with Crippen molar-refractivity contribution in [2.75, 3.05) is 18.1 Å². The average Bonchev–Trinajstić information content (AvgIpc) is 3.85. The van der Waals surface area contributed by atoms with Gasteiger partial charge in [0.25, 0.3) is 11.8 Å². The van der Waals surface area contributed by atoms with E-state index in [1.54, 1.807) is 13.8 Å². The molecule has 1 aromatic carbocycles. The van der Waals surface area contributed by atoms with Gasteiger partial charge in [-0.3, -0.25) is 33.1 Å². The number of primary amides is 1. The zero-order chi connectivity index (χ0) is 43.3. The summed E-state index contributed by atoms with van der Waals surface area (Å²) in [4.78, 5) is 70.2. The first-order valence-electron chi connectivity index (χ1n) is 21.0. The summed E-state index contributed by atoms with van der Waals surface area (Å²) in [5, 5.41) is 24.7. The van der Waals surface area contributed by atoms with E-state index in [1.807, 2.05) is 0 Å². The highest BCUT2D eigenvalue weighted by Gasteiger charge is 2.51. The molecule has 330 valence electrons. The Hall–Kier alpha value is -3.95. The summed E-state index contributed by atoms with van der Waals surface area (Å²) in [6.07, 6.45) is 10.8. The molecule has 2 aliphatic heterocycles. The molecule has 2 saturated heterocycles. The number of nitrogens with two attached hydrogens (primary N) is 1. The number of sulfonamides is 1. The largest absolute Gasteiger partial charge is 0.384 e. The smallest absolute Gasteiger partial charge is 0.287 e. The third-order valence-electron chi connectivity index (χ3n) is 13.6. The third-order valence-corrected chi connectivity index (χ3v) is 16.8. The molecule has 20 heteroatoms. The minimum atomic E-state index is -3.82. The van der Waals surface area contributed by atoms with E-state index in [1.165, 1.54) is 46.5 Å². The molecule has 3 saturated carbocycles. The molecule has 4 amide bonds. The van der Waals surface area contributed by atoms with Crippen molar-refractivity contribution in [3.8, 4) is 0 Å². The maximum atomic E-state index is 14.9. The monoisotopic (exact) mass is 874 g/mol. The zero-order valence-corrected chi connectivity index (χ0v) is 35.8. The molecule has 7 rings (SSSR count). The summed E-state index contributed by atoms with van der Waals surface area (Å²) in [6.45, 7) is 2.99. The Morgan fingerprint density at radius 2 is 1.63 bits per heavy atom. The lowest BCUT2D eigenvalue weighted by molar-refractivity contribution is -0.145. The quantitative estimate of drug-likeness (QED) is 0.135. The highest BCUT2D eigenvalue weighted by Crippen LogP contribution is 2.56. The van der Waals surface area contributed by atoms with Crippen LogP contribution < -0.4 is 21.1 Å². The van der Waals surface area contributed by atoms with Crippen LogP contribution >= 0.6 is 10.6 Å². The molecule has 0 radical (unpaired) electrons. The highest BCUT2D eigenvalue weighted by molar-refractivity contribution is 8.24. The van der Waals surface area contributed by atoms with Crippen LogP contribution in [0, 0.1) is 11.3 Å². The summed E-state index contributed by atoms with van der Waals surface area (Å²) in [5.74, 6) is -4.81. The van der Waals surface area contributed by atoms with Crippen molar-refractivity contribution in [1.82, 2.24) is 35.2 Å². The fraction of sp³-hybridized carbons (Fsp3) is 0.675. The van der Waals surface area contributed by atoms with E-state index in [0.29, 0.717) is 5.69 Å². The first kappa shape index (κ1) is 44.1. The molecule has 0 unspecified atom stereocenters. The third kappa shape index (κ3) is 9.28.